The number of nitrogens with two attached hydrogens (primary N) is 1. The average Bonchev–Trinajstić information content (AvgIpc) is 2.68. The van der Waals surface area contributed by atoms with E-state index in [0.29, 0.717) is 15.7 Å². The van der Waals surface area contributed by atoms with E-state index in [1.807, 2.05) is 0 Å². The van der Waals surface area contributed by atoms with Crippen molar-refractivity contribution < 1.29 is 4.79 Å². The van der Waals surface area contributed by atoms with Gasteiger partial charge >= 0.3 is 0 Å². The maximum absolute atomic E-state index is 12.2. The topological polar surface area (TPSA) is 55.1 Å². The largest absolute Gasteiger partial charge is 0.398 e. The Morgan fingerprint density at radius 2 is 2.06 bits per heavy atom. The number of rotatable bonds is 2. The fourth-order valence-corrected chi connectivity index (χ4v) is 2.79. The van der Waals surface area contributed by atoms with Crippen LogP contribution in [-0.2, 0) is 0 Å². The molecular formula is C13H17BrN2O. The molecule has 1 aliphatic rings. The second-order valence-electron chi connectivity index (χ2n) is 4.93. The summed E-state index contributed by atoms with van der Waals surface area (Å²) < 4.78 is 0.680. The summed E-state index contributed by atoms with van der Waals surface area (Å²) in [5, 5.41) is 3.12. The molecule has 0 unspecified atom stereocenters. The summed E-state index contributed by atoms with van der Waals surface area (Å²) in [7, 11) is 0. The van der Waals surface area contributed by atoms with E-state index in [4.69, 9.17) is 5.73 Å². The Hall–Kier alpha value is -1.03. The van der Waals surface area contributed by atoms with Crippen molar-refractivity contribution in [1.29, 1.82) is 0 Å². The smallest absolute Gasteiger partial charge is 0.252 e. The van der Waals surface area contributed by atoms with Gasteiger partial charge in [0.25, 0.3) is 5.91 Å². The molecule has 1 amide bonds. The van der Waals surface area contributed by atoms with E-state index in [-0.39, 0.29) is 11.4 Å². The minimum Gasteiger partial charge on any atom is -0.398 e. The van der Waals surface area contributed by atoms with Crippen LogP contribution in [0.5, 0.6) is 0 Å². The highest BCUT2D eigenvalue weighted by atomic mass is 79.9. The molecule has 0 aromatic heterocycles. The van der Waals surface area contributed by atoms with E-state index < -0.39 is 0 Å². The summed E-state index contributed by atoms with van der Waals surface area (Å²) in [6.45, 7) is 2.11. The summed E-state index contributed by atoms with van der Waals surface area (Å²) in [4.78, 5) is 12.2. The van der Waals surface area contributed by atoms with Crippen LogP contribution in [-0.4, -0.2) is 11.4 Å². The van der Waals surface area contributed by atoms with E-state index in [9.17, 15) is 4.79 Å². The number of benzene rings is 1. The van der Waals surface area contributed by atoms with Gasteiger partial charge < -0.3 is 11.1 Å². The molecule has 1 aliphatic carbocycles. The second-order valence-corrected chi connectivity index (χ2v) is 5.72. The number of carbonyl (C=O) groups excluding carboxylic acids is 1. The zero-order valence-corrected chi connectivity index (χ0v) is 11.5. The van der Waals surface area contributed by atoms with Crippen molar-refractivity contribution in [1.82, 2.24) is 5.32 Å². The Bertz CT molecular complexity index is 439. The molecule has 2 rings (SSSR count). The highest BCUT2D eigenvalue weighted by Gasteiger charge is 2.30. The first-order valence-corrected chi connectivity index (χ1v) is 6.68. The first-order valence-electron chi connectivity index (χ1n) is 5.88. The number of carbonyl (C=O) groups is 1. The summed E-state index contributed by atoms with van der Waals surface area (Å²) in [5.41, 5.74) is 6.92. The van der Waals surface area contributed by atoms with Gasteiger partial charge in [0.15, 0.2) is 0 Å². The Morgan fingerprint density at radius 1 is 1.41 bits per heavy atom. The maximum atomic E-state index is 12.2. The monoisotopic (exact) mass is 296 g/mol. The summed E-state index contributed by atoms with van der Waals surface area (Å²) in [6.07, 6.45) is 4.49. The molecule has 0 saturated heterocycles. The van der Waals surface area contributed by atoms with Crippen LogP contribution in [0.4, 0.5) is 5.69 Å². The van der Waals surface area contributed by atoms with Gasteiger partial charge in [-0.1, -0.05) is 18.9 Å². The van der Waals surface area contributed by atoms with Gasteiger partial charge in [-0.25, -0.2) is 0 Å². The van der Waals surface area contributed by atoms with Gasteiger partial charge in [0.05, 0.1) is 10.0 Å². The van der Waals surface area contributed by atoms with Gasteiger partial charge in [-0.15, -0.1) is 0 Å². The molecule has 0 bridgehead atoms. The molecule has 92 valence electrons. The number of hydrogen-bond donors (Lipinski definition) is 2. The Balaban J connectivity index is 2.17. The predicted molar refractivity (Wildman–Crippen MR) is 72.9 cm³/mol. The lowest BCUT2D eigenvalue weighted by atomic mass is 10.00. The molecule has 0 atom stereocenters. The lowest BCUT2D eigenvalue weighted by Gasteiger charge is -2.25. The van der Waals surface area contributed by atoms with Crippen molar-refractivity contribution >= 4 is 27.5 Å². The molecule has 17 heavy (non-hydrogen) atoms. The number of halogens is 1. The fourth-order valence-electron chi connectivity index (χ4n) is 2.35. The molecule has 4 heteroatoms. The predicted octanol–water partition coefficient (Wildman–Crippen LogP) is 3.09. The van der Waals surface area contributed by atoms with E-state index in [0.717, 1.165) is 12.8 Å². The number of nitrogen functional groups attached to an aromatic ring is 1. The van der Waals surface area contributed by atoms with E-state index in [1.165, 1.54) is 12.8 Å². The van der Waals surface area contributed by atoms with Crippen LogP contribution in [0.3, 0.4) is 0 Å². The third kappa shape index (κ3) is 2.63. The summed E-state index contributed by atoms with van der Waals surface area (Å²) >= 11 is 3.36. The first-order chi connectivity index (χ1) is 8.02. The molecule has 0 aliphatic heterocycles. The normalized spacial score (nSPS) is 18.0. The quantitative estimate of drug-likeness (QED) is 0.824. The zero-order valence-electron chi connectivity index (χ0n) is 9.92. The van der Waals surface area contributed by atoms with Crippen LogP contribution in [0.25, 0.3) is 0 Å². The van der Waals surface area contributed by atoms with E-state index in [2.05, 4.69) is 28.2 Å². The first kappa shape index (κ1) is 12.4. The number of anilines is 1. The Labute approximate surface area is 110 Å². The highest BCUT2D eigenvalue weighted by molar-refractivity contribution is 9.10. The molecule has 3 N–H and O–H groups in total. The molecule has 3 nitrogen and oxygen atoms in total. The third-order valence-electron chi connectivity index (χ3n) is 3.40. The molecule has 1 aromatic carbocycles. The van der Waals surface area contributed by atoms with Crippen LogP contribution >= 0.6 is 15.9 Å². The van der Waals surface area contributed by atoms with Crippen molar-refractivity contribution in [3.05, 3.63) is 28.2 Å². The van der Waals surface area contributed by atoms with E-state index in [1.54, 1.807) is 18.2 Å². The van der Waals surface area contributed by atoms with Gasteiger partial charge in [0.2, 0.25) is 0 Å². The van der Waals surface area contributed by atoms with Crippen LogP contribution < -0.4 is 11.1 Å². The van der Waals surface area contributed by atoms with Gasteiger partial charge in [-0.05, 0) is 47.8 Å². The summed E-state index contributed by atoms with van der Waals surface area (Å²) in [6, 6.07) is 5.36. The molecule has 1 fully saturated rings. The van der Waals surface area contributed by atoms with Gasteiger partial charge in [-0.2, -0.15) is 0 Å². The van der Waals surface area contributed by atoms with Crippen LogP contribution in [0.2, 0.25) is 0 Å². The highest BCUT2D eigenvalue weighted by Crippen LogP contribution is 2.30. The molecule has 0 heterocycles. The van der Waals surface area contributed by atoms with Gasteiger partial charge in [0.1, 0.15) is 0 Å². The second kappa shape index (κ2) is 4.69. The SMILES string of the molecule is CC1(NC(=O)c2cccc(N)c2Br)CCCC1. The number of nitrogens with one attached hydrogen (secondary N) is 1. The van der Waals surface area contributed by atoms with Gasteiger partial charge in [-0.3, -0.25) is 4.79 Å². The molecule has 0 radical (unpaired) electrons. The molecule has 1 saturated carbocycles. The lowest BCUT2D eigenvalue weighted by Crippen LogP contribution is -2.43. The van der Waals surface area contributed by atoms with Crippen molar-refractivity contribution in [3.8, 4) is 0 Å². The molecule has 1 aromatic rings. The fraction of sp³-hybridized carbons (Fsp3) is 0.462. The van der Waals surface area contributed by atoms with Crippen LogP contribution in [0.15, 0.2) is 22.7 Å². The van der Waals surface area contributed by atoms with E-state index >= 15 is 0 Å². The summed E-state index contributed by atoms with van der Waals surface area (Å²) in [5.74, 6) is -0.0476. The van der Waals surface area contributed by atoms with Crippen molar-refractivity contribution in [3.63, 3.8) is 0 Å². The maximum Gasteiger partial charge on any atom is 0.252 e. The Kier molecular flexibility index (Phi) is 3.43. The molecular weight excluding hydrogens is 280 g/mol. The third-order valence-corrected chi connectivity index (χ3v) is 4.28. The van der Waals surface area contributed by atoms with Crippen LogP contribution in [0.1, 0.15) is 43.0 Å². The number of amides is 1. The van der Waals surface area contributed by atoms with Crippen molar-refractivity contribution in [2.24, 2.45) is 0 Å². The molecule has 0 spiro atoms. The average molecular weight is 297 g/mol. The lowest BCUT2D eigenvalue weighted by molar-refractivity contribution is 0.0907. The zero-order chi connectivity index (χ0) is 12.5. The minimum atomic E-state index is -0.0544. The standard InChI is InChI=1S/C13H17BrN2O/c1-13(7-2-3-8-13)16-12(17)9-5-4-6-10(15)11(9)14/h4-6H,2-3,7-8,15H2,1H3,(H,16,17). The number of hydrogen-bond acceptors (Lipinski definition) is 2. The Morgan fingerprint density at radius 3 is 2.71 bits per heavy atom. The van der Waals surface area contributed by atoms with Crippen molar-refractivity contribution in [2.75, 3.05) is 5.73 Å². The van der Waals surface area contributed by atoms with Crippen LogP contribution in [0, 0.1) is 0 Å². The minimum absolute atomic E-state index is 0.0476. The van der Waals surface area contributed by atoms with Gasteiger partial charge in [0, 0.05) is 11.2 Å². The van der Waals surface area contributed by atoms with Crippen molar-refractivity contribution in [2.45, 2.75) is 38.1 Å².